The lowest BCUT2D eigenvalue weighted by Gasteiger charge is -2.42. The Hall–Kier alpha value is -4.14. The molecule has 18 heteroatoms. The molecule has 4 aliphatic heterocycles. The Labute approximate surface area is 320 Å². The average Bonchev–Trinajstić information content (AvgIpc) is 3.66. The third-order valence-corrected chi connectivity index (χ3v) is 11.8. The molecule has 294 valence electrons. The number of ketones is 2. The van der Waals surface area contributed by atoms with E-state index in [0.717, 1.165) is 4.90 Å². The lowest BCUT2D eigenvalue weighted by atomic mass is 9.72. The molecular formula is C37H41N3O14S. The van der Waals surface area contributed by atoms with Crippen LogP contribution in [-0.4, -0.2) is 143 Å². The predicted octanol–water partition coefficient (Wildman–Crippen LogP) is 0.494. The van der Waals surface area contributed by atoms with E-state index in [4.69, 9.17) is 28.4 Å². The SMILES string of the molecule is COc1cccc2c1C(=O)c1c(O)c3c(c(O)c1C2=O)C(C(=O)NCCN1C(=O)CC(S)C1=O)[C@H](O)C[C@@H]3O[C@H]1C[C@H]2[C@H](O[C@@H]3[C@@H](OC)OCCN32)[C@H](C)O1. The summed E-state index contributed by atoms with van der Waals surface area (Å²) in [6, 6.07) is 4.18. The number of morpholine rings is 1. The average molecular weight is 784 g/mol. The Kier molecular flexibility index (Phi) is 9.90. The van der Waals surface area contributed by atoms with Gasteiger partial charge in [-0.1, -0.05) is 12.1 Å². The number of amides is 3. The third-order valence-electron chi connectivity index (χ3n) is 11.4. The molecule has 2 aromatic carbocycles. The minimum Gasteiger partial charge on any atom is -0.507 e. The monoisotopic (exact) mass is 783 g/mol. The number of hydrogen-bond acceptors (Lipinski definition) is 16. The molecule has 0 aromatic heterocycles. The summed E-state index contributed by atoms with van der Waals surface area (Å²) in [7, 11) is 2.86. The lowest BCUT2D eigenvalue weighted by molar-refractivity contribution is -0.255. The molecule has 0 saturated carbocycles. The van der Waals surface area contributed by atoms with Gasteiger partial charge in [0.05, 0.1) is 59.9 Å². The number of phenols is 2. The van der Waals surface area contributed by atoms with Crippen molar-refractivity contribution in [2.24, 2.45) is 0 Å². The van der Waals surface area contributed by atoms with Crippen LogP contribution in [0.15, 0.2) is 18.2 Å². The number of thiol groups is 1. The molecule has 6 aliphatic rings. The highest BCUT2D eigenvalue weighted by Crippen LogP contribution is 2.54. The highest BCUT2D eigenvalue weighted by Gasteiger charge is 2.55. The first-order chi connectivity index (χ1) is 26.4. The molecule has 4 fully saturated rings. The van der Waals surface area contributed by atoms with E-state index in [-0.39, 0.29) is 72.5 Å². The Morgan fingerprint density at radius 2 is 1.76 bits per heavy atom. The van der Waals surface area contributed by atoms with Crippen molar-refractivity contribution in [1.29, 1.82) is 0 Å². The van der Waals surface area contributed by atoms with E-state index in [1.165, 1.54) is 32.4 Å². The van der Waals surface area contributed by atoms with Crippen molar-refractivity contribution in [3.63, 3.8) is 0 Å². The molecule has 8 rings (SSSR count). The first-order valence-electron chi connectivity index (χ1n) is 18.1. The van der Waals surface area contributed by atoms with Crippen molar-refractivity contribution in [2.75, 3.05) is 40.5 Å². The molecule has 55 heavy (non-hydrogen) atoms. The number of aliphatic hydroxyl groups is 1. The van der Waals surface area contributed by atoms with Crippen molar-refractivity contribution >= 4 is 41.9 Å². The summed E-state index contributed by atoms with van der Waals surface area (Å²) in [5.41, 5.74) is -1.72. The fraction of sp³-hybridized carbons (Fsp3) is 0.541. The van der Waals surface area contributed by atoms with Gasteiger partial charge in [-0.3, -0.25) is 33.8 Å². The second-order valence-electron chi connectivity index (χ2n) is 14.4. The number of nitrogens with one attached hydrogen (secondary N) is 1. The minimum atomic E-state index is -1.58. The number of hydrogen-bond donors (Lipinski definition) is 5. The zero-order valence-corrected chi connectivity index (χ0v) is 31.0. The molecule has 4 heterocycles. The second-order valence-corrected chi connectivity index (χ2v) is 15.0. The van der Waals surface area contributed by atoms with Gasteiger partial charge < -0.3 is 49.1 Å². The molecular weight excluding hydrogens is 742 g/mol. The number of aromatic hydroxyl groups is 2. The van der Waals surface area contributed by atoms with Gasteiger partial charge in [0.2, 0.25) is 23.5 Å². The van der Waals surface area contributed by atoms with E-state index in [9.17, 15) is 39.3 Å². The molecule has 2 aliphatic carbocycles. The van der Waals surface area contributed by atoms with E-state index in [0.29, 0.717) is 13.2 Å². The standard InChI is InChI=1S/C37H41N3O14S/c1-14-33-16(39-9-10-51-37(50-3)36(39)54-33)11-22(52-14)53-19-12-17(41)24(34(47)38-7-8-40-21(42)13-20(55)35(40)48)26-25(19)31(45)28-27(32(26)46)29(43)15-5-4-6-18(49-2)23(15)30(28)44/h4-6,14,16-17,19-20,22,24,33,36-37,41,45-46,55H,7-13H2,1-3H3,(H,38,47)/t14-,16-,17+,19-,20?,22-,24?,33+,36+,37-/m0/s1. The first-order valence-corrected chi connectivity index (χ1v) is 18.6. The zero-order valence-electron chi connectivity index (χ0n) is 30.1. The van der Waals surface area contributed by atoms with Gasteiger partial charge in [0.25, 0.3) is 0 Å². The van der Waals surface area contributed by atoms with Crippen LogP contribution >= 0.6 is 12.6 Å². The quantitative estimate of drug-likeness (QED) is 0.119. The number of aliphatic hydroxyl groups excluding tert-OH is 1. The number of imide groups is 1. The lowest BCUT2D eigenvalue weighted by Crippen LogP contribution is -2.55. The van der Waals surface area contributed by atoms with Crippen molar-refractivity contribution in [3.8, 4) is 17.2 Å². The molecule has 3 amide bonds. The maximum atomic E-state index is 14.2. The summed E-state index contributed by atoms with van der Waals surface area (Å²) >= 11 is 4.12. The maximum absolute atomic E-state index is 14.2. The van der Waals surface area contributed by atoms with Crippen LogP contribution in [0.25, 0.3) is 0 Å². The summed E-state index contributed by atoms with van der Waals surface area (Å²) in [5.74, 6) is -6.39. The fourth-order valence-electron chi connectivity index (χ4n) is 8.92. The van der Waals surface area contributed by atoms with Crippen LogP contribution in [0.1, 0.15) is 81.2 Å². The van der Waals surface area contributed by atoms with E-state index in [1.54, 1.807) is 0 Å². The number of ether oxygens (including phenoxy) is 6. The van der Waals surface area contributed by atoms with Crippen LogP contribution in [0.4, 0.5) is 0 Å². The molecule has 4 saturated heterocycles. The van der Waals surface area contributed by atoms with Crippen LogP contribution in [-0.2, 0) is 38.1 Å². The number of likely N-dealkylation sites (tertiary alicyclic amines) is 1. The Morgan fingerprint density at radius 1 is 1.02 bits per heavy atom. The summed E-state index contributed by atoms with van der Waals surface area (Å²) in [6.07, 6.45) is -5.76. The van der Waals surface area contributed by atoms with Gasteiger partial charge in [0, 0.05) is 68.7 Å². The minimum absolute atomic E-state index is 0.0767. The summed E-state index contributed by atoms with van der Waals surface area (Å²) in [5, 5.41) is 37.6. The van der Waals surface area contributed by atoms with Gasteiger partial charge in [0.1, 0.15) is 23.4 Å². The first kappa shape index (κ1) is 37.8. The molecule has 10 atom stereocenters. The number of phenolic OH excluding ortho intramolecular Hbond substituents is 2. The van der Waals surface area contributed by atoms with Crippen LogP contribution in [0.2, 0.25) is 0 Å². The van der Waals surface area contributed by atoms with E-state index >= 15 is 0 Å². The zero-order chi connectivity index (χ0) is 39.0. The van der Waals surface area contributed by atoms with Crippen molar-refractivity contribution in [2.45, 2.75) is 86.6 Å². The van der Waals surface area contributed by atoms with Gasteiger partial charge >= 0.3 is 0 Å². The number of carbonyl (C=O) groups excluding carboxylic acids is 5. The molecule has 0 radical (unpaired) electrons. The Balaban J connectivity index is 1.16. The third kappa shape index (κ3) is 6.01. The van der Waals surface area contributed by atoms with Crippen LogP contribution in [0.5, 0.6) is 17.2 Å². The van der Waals surface area contributed by atoms with Crippen molar-refractivity contribution in [3.05, 3.63) is 51.6 Å². The summed E-state index contributed by atoms with van der Waals surface area (Å²) in [4.78, 5) is 69.9. The van der Waals surface area contributed by atoms with E-state index < -0.39 is 100 Å². The molecule has 2 unspecified atom stereocenters. The van der Waals surface area contributed by atoms with Gasteiger partial charge in [-0.25, -0.2) is 0 Å². The number of carbonyl (C=O) groups is 5. The van der Waals surface area contributed by atoms with Crippen LogP contribution in [0.3, 0.4) is 0 Å². The van der Waals surface area contributed by atoms with Gasteiger partial charge in [0.15, 0.2) is 24.6 Å². The highest BCUT2D eigenvalue weighted by atomic mass is 32.1. The summed E-state index contributed by atoms with van der Waals surface area (Å²) < 4.78 is 35.7. The topological polar surface area (TPSA) is 220 Å². The van der Waals surface area contributed by atoms with Gasteiger partial charge in [-0.2, -0.15) is 12.6 Å². The predicted molar refractivity (Wildman–Crippen MR) is 189 cm³/mol. The van der Waals surface area contributed by atoms with Crippen LogP contribution in [0, 0.1) is 0 Å². The smallest absolute Gasteiger partial charge is 0.242 e. The molecule has 2 aromatic rings. The Morgan fingerprint density at radius 3 is 2.47 bits per heavy atom. The molecule has 17 nitrogen and oxygen atoms in total. The van der Waals surface area contributed by atoms with E-state index in [1.807, 2.05) is 6.92 Å². The number of benzene rings is 2. The number of nitrogens with zero attached hydrogens (tertiary/aromatic N) is 2. The van der Waals surface area contributed by atoms with Gasteiger partial charge in [-0.15, -0.1) is 0 Å². The van der Waals surface area contributed by atoms with Crippen molar-refractivity contribution < 1.29 is 67.7 Å². The molecule has 0 bridgehead atoms. The fourth-order valence-corrected chi connectivity index (χ4v) is 9.22. The molecule has 0 spiro atoms. The largest absolute Gasteiger partial charge is 0.507 e. The number of fused-ring (bicyclic) bond motifs is 6. The normalized spacial score (nSPS) is 32.8. The summed E-state index contributed by atoms with van der Waals surface area (Å²) in [6.45, 7) is 2.42. The highest BCUT2D eigenvalue weighted by molar-refractivity contribution is 7.81. The Bertz CT molecular complexity index is 1980. The van der Waals surface area contributed by atoms with Crippen LogP contribution < -0.4 is 10.1 Å². The van der Waals surface area contributed by atoms with Crippen molar-refractivity contribution in [1.82, 2.24) is 15.1 Å². The van der Waals surface area contributed by atoms with Gasteiger partial charge in [-0.05, 0) is 13.0 Å². The number of methoxy groups -OCH3 is 2. The molecule has 4 N–H and O–H groups in total. The second kappa shape index (κ2) is 14.4. The number of rotatable bonds is 8. The maximum Gasteiger partial charge on any atom is 0.242 e. The van der Waals surface area contributed by atoms with E-state index in [2.05, 4.69) is 22.8 Å².